The van der Waals surface area contributed by atoms with Gasteiger partial charge in [-0.15, -0.1) is 0 Å². The third kappa shape index (κ3) is 6.84. The third-order valence-electron chi connectivity index (χ3n) is 7.99. The van der Waals surface area contributed by atoms with Gasteiger partial charge in [0.2, 0.25) is 5.91 Å². The van der Waals surface area contributed by atoms with Gasteiger partial charge in [-0.25, -0.2) is 0 Å². The van der Waals surface area contributed by atoms with Gasteiger partial charge >= 0.3 is 0 Å². The summed E-state index contributed by atoms with van der Waals surface area (Å²) in [5.41, 5.74) is 1.67. The van der Waals surface area contributed by atoms with Crippen LogP contribution in [0.15, 0.2) is 48.5 Å². The number of nitrogens with zero attached hydrogens (tertiary/aromatic N) is 3. The van der Waals surface area contributed by atoms with E-state index in [4.69, 9.17) is 14.7 Å². The van der Waals surface area contributed by atoms with E-state index in [9.17, 15) is 9.90 Å². The van der Waals surface area contributed by atoms with E-state index in [0.29, 0.717) is 29.9 Å². The molecule has 8 nitrogen and oxygen atoms in total. The number of hydrogen-bond acceptors (Lipinski definition) is 7. The van der Waals surface area contributed by atoms with Crippen LogP contribution in [0.4, 0.5) is 0 Å². The fourth-order valence-electron chi connectivity index (χ4n) is 6.07. The van der Waals surface area contributed by atoms with E-state index in [1.807, 2.05) is 24.3 Å². The number of amides is 1. The van der Waals surface area contributed by atoms with E-state index < -0.39 is 0 Å². The number of nitrogens with one attached hydrogen (secondary N) is 1. The first kappa shape index (κ1) is 26.5. The highest BCUT2D eigenvalue weighted by molar-refractivity contribution is 5.78. The molecule has 1 amide bonds. The van der Waals surface area contributed by atoms with E-state index in [1.165, 1.54) is 12.8 Å². The lowest BCUT2D eigenvalue weighted by molar-refractivity contribution is -0.128. The van der Waals surface area contributed by atoms with Crippen LogP contribution in [-0.4, -0.2) is 71.9 Å². The van der Waals surface area contributed by atoms with Crippen molar-refractivity contribution in [3.63, 3.8) is 0 Å². The molecule has 2 N–H and O–H groups in total. The molecule has 4 unspecified atom stereocenters. The molecular formula is C30H38N4O4. The van der Waals surface area contributed by atoms with Crippen LogP contribution in [0.5, 0.6) is 11.5 Å². The fourth-order valence-corrected chi connectivity index (χ4v) is 6.07. The Bertz CT molecular complexity index is 1080. The number of likely N-dealkylation sites (tertiary alicyclic amines) is 1. The molecule has 3 heterocycles. The molecule has 5 rings (SSSR count). The van der Waals surface area contributed by atoms with Gasteiger partial charge in [0, 0.05) is 31.8 Å². The van der Waals surface area contributed by atoms with Crippen molar-refractivity contribution in [1.29, 1.82) is 5.26 Å². The van der Waals surface area contributed by atoms with Gasteiger partial charge in [-0.3, -0.25) is 14.6 Å². The standard InChI is InChI=1S/C30H38N4O4/c31-18-22-6-8-23(9-7-22)28(38-27-14-12-26(35)13-15-27)4-3-16-34-24-10-11-25(34)20-33(19-24)21-29(36)32-30-5-1-2-17-37-30/h6-9,12-15,24-25,28,30,35H,1-5,10-11,16-17,19-21H2,(H,32,36). The summed E-state index contributed by atoms with van der Waals surface area (Å²) >= 11 is 0. The second-order valence-corrected chi connectivity index (χ2v) is 10.7. The van der Waals surface area contributed by atoms with Crippen LogP contribution < -0.4 is 10.1 Å². The Morgan fingerprint density at radius 2 is 1.82 bits per heavy atom. The molecule has 0 radical (unpaired) electrons. The van der Waals surface area contributed by atoms with E-state index in [-0.39, 0.29) is 24.0 Å². The molecule has 202 valence electrons. The number of phenolic OH excluding ortho intramolecular Hbond substituents is 1. The normalized spacial score (nSPS) is 24.4. The Morgan fingerprint density at radius 1 is 1.08 bits per heavy atom. The van der Waals surface area contributed by atoms with Crippen molar-refractivity contribution >= 4 is 5.91 Å². The molecule has 2 aromatic carbocycles. The largest absolute Gasteiger partial charge is 0.508 e. The van der Waals surface area contributed by atoms with Gasteiger partial charge in [0.1, 0.15) is 23.8 Å². The van der Waals surface area contributed by atoms with E-state index in [2.05, 4.69) is 21.2 Å². The number of hydrogen-bond donors (Lipinski definition) is 2. The molecule has 2 aromatic rings. The van der Waals surface area contributed by atoms with Gasteiger partial charge in [0.15, 0.2) is 0 Å². The predicted octanol–water partition coefficient (Wildman–Crippen LogP) is 3.96. The van der Waals surface area contributed by atoms with Gasteiger partial charge in [-0.1, -0.05) is 12.1 Å². The maximum atomic E-state index is 12.6. The van der Waals surface area contributed by atoms with Gasteiger partial charge < -0.3 is 19.9 Å². The van der Waals surface area contributed by atoms with Gasteiger partial charge in [0.05, 0.1) is 18.2 Å². The number of rotatable bonds is 10. The van der Waals surface area contributed by atoms with Crippen molar-refractivity contribution in [2.45, 2.75) is 69.4 Å². The highest BCUT2D eigenvalue weighted by atomic mass is 16.5. The number of fused-ring (bicyclic) bond motifs is 2. The zero-order chi connectivity index (χ0) is 26.3. The first-order valence-electron chi connectivity index (χ1n) is 13.9. The summed E-state index contributed by atoms with van der Waals surface area (Å²) in [4.78, 5) is 17.5. The van der Waals surface area contributed by atoms with Crippen molar-refractivity contribution in [1.82, 2.24) is 15.1 Å². The first-order chi connectivity index (χ1) is 18.6. The molecule has 38 heavy (non-hydrogen) atoms. The Balaban J connectivity index is 1.14. The van der Waals surface area contributed by atoms with Crippen LogP contribution in [0.25, 0.3) is 0 Å². The smallest absolute Gasteiger partial charge is 0.236 e. The summed E-state index contributed by atoms with van der Waals surface area (Å²) in [6.45, 7) is 4.04. The molecule has 3 aliphatic rings. The van der Waals surface area contributed by atoms with Gasteiger partial charge in [-0.05, 0) is 93.5 Å². The number of aromatic hydroxyl groups is 1. The number of nitriles is 1. The summed E-state index contributed by atoms with van der Waals surface area (Å²) in [5, 5.41) is 21.9. The van der Waals surface area contributed by atoms with Crippen molar-refractivity contribution in [3.8, 4) is 17.6 Å². The van der Waals surface area contributed by atoms with E-state index >= 15 is 0 Å². The van der Waals surface area contributed by atoms with Crippen molar-refractivity contribution in [2.75, 3.05) is 32.8 Å². The molecule has 3 aliphatic heterocycles. The topological polar surface area (TPSA) is 98.1 Å². The molecule has 3 saturated heterocycles. The quantitative estimate of drug-likeness (QED) is 0.491. The van der Waals surface area contributed by atoms with E-state index in [1.54, 1.807) is 24.3 Å². The Hall–Kier alpha value is -3.12. The number of piperazine rings is 1. The molecule has 0 aromatic heterocycles. The van der Waals surface area contributed by atoms with Crippen LogP contribution in [0.1, 0.15) is 62.2 Å². The molecule has 0 aliphatic carbocycles. The van der Waals surface area contributed by atoms with Gasteiger partial charge in [0.25, 0.3) is 0 Å². The zero-order valence-corrected chi connectivity index (χ0v) is 21.9. The number of carbonyl (C=O) groups is 1. The summed E-state index contributed by atoms with van der Waals surface area (Å²) in [7, 11) is 0. The maximum Gasteiger partial charge on any atom is 0.236 e. The zero-order valence-electron chi connectivity index (χ0n) is 21.9. The van der Waals surface area contributed by atoms with Crippen molar-refractivity contribution in [2.24, 2.45) is 0 Å². The highest BCUT2D eigenvalue weighted by Gasteiger charge is 2.40. The summed E-state index contributed by atoms with van der Waals surface area (Å²) in [6, 6.07) is 17.6. The molecular weight excluding hydrogens is 480 g/mol. The lowest BCUT2D eigenvalue weighted by Crippen LogP contribution is -2.56. The number of ether oxygens (including phenoxy) is 2. The second-order valence-electron chi connectivity index (χ2n) is 10.7. The minimum absolute atomic E-state index is 0.0707. The lowest BCUT2D eigenvalue weighted by Gasteiger charge is -2.41. The molecule has 0 spiro atoms. The van der Waals surface area contributed by atoms with Crippen molar-refractivity contribution in [3.05, 3.63) is 59.7 Å². The highest BCUT2D eigenvalue weighted by Crippen LogP contribution is 2.32. The number of benzene rings is 2. The summed E-state index contributed by atoms with van der Waals surface area (Å²) in [6.07, 6.45) is 7.01. The average molecular weight is 519 g/mol. The Morgan fingerprint density at radius 3 is 2.47 bits per heavy atom. The fraction of sp³-hybridized carbons (Fsp3) is 0.533. The monoisotopic (exact) mass is 518 g/mol. The maximum absolute atomic E-state index is 12.6. The Kier molecular flexibility index (Phi) is 8.79. The molecule has 8 heteroatoms. The summed E-state index contributed by atoms with van der Waals surface area (Å²) in [5.74, 6) is 0.992. The molecule has 4 atom stereocenters. The molecule has 2 bridgehead atoms. The van der Waals surface area contributed by atoms with Gasteiger partial charge in [-0.2, -0.15) is 5.26 Å². The minimum Gasteiger partial charge on any atom is -0.508 e. The lowest BCUT2D eigenvalue weighted by atomic mass is 10.0. The number of phenols is 1. The second kappa shape index (κ2) is 12.6. The van der Waals surface area contributed by atoms with E-state index in [0.717, 1.165) is 63.9 Å². The molecule has 3 fully saturated rings. The van der Waals surface area contributed by atoms with Crippen molar-refractivity contribution < 1.29 is 19.4 Å². The Labute approximate surface area is 225 Å². The van der Waals surface area contributed by atoms with Crippen LogP contribution in [0.3, 0.4) is 0 Å². The first-order valence-corrected chi connectivity index (χ1v) is 13.9. The van der Waals surface area contributed by atoms with Crippen LogP contribution in [0.2, 0.25) is 0 Å². The summed E-state index contributed by atoms with van der Waals surface area (Å²) < 4.78 is 12.0. The SMILES string of the molecule is N#Cc1ccc(C(CCCN2C3CCC2CN(CC(=O)NC2CCCCO2)C3)Oc2ccc(O)cc2)cc1. The van der Waals surface area contributed by atoms with Crippen LogP contribution >= 0.6 is 0 Å². The van der Waals surface area contributed by atoms with Crippen LogP contribution in [-0.2, 0) is 9.53 Å². The third-order valence-corrected chi connectivity index (χ3v) is 7.99. The van der Waals surface area contributed by atoms with Crippen LogP contribution in [0, 0.1) is 11.3 Å². The minimum atomic E-state index is -0.142. The average Bonchev–Trinajstić information content (AvgIpc) is 3.17. The molecule has 0 saturated carbocycles. The predicted molar refractivity (Wildman–Crippen MR) is 144 cm³/mol. The number of carbonyl (C=O) groups excluding carboxylic acids is 1.